The third kappa shape index (κ3) is 5.57. The standard InChI is InChI=1S/C13H24N2O4/c1-10(9-19-2)14-12(16)8-15-7-5-3-4-6-11(15)13(17)18/h10-11H,3-9H2,1-2H3,(H,14,16)(H,17,18). The van der Waals surface area contributed by atoms with Crippen LogP contribution in [0.2, 0.25) is 0 Å². The van der Waals surface area contributed by atoms with Crippen molar-refractivity contribution >= 4 is 11.9 Å². The predicted molar refractivity (Wildman–Crippen MR) is 70.9 cm³/mol. The number of hydrogen-bond acceptors (Lipinski definition) is 4. The molecule has 1 fully saturated rings. The Kier molecular flexibility index (Phi) is 6.80. The summed E-state index contributed by atoms with van der Waals surface area (Å²) in [6, 6.07) is -0.598. The molecule has 6 heteroatoms. The number of likely N-dealkylation sites (tertiary alicyclic amines) is 1. The Balaban J connectivity index is 2.51. The molecule has 2 atom stereocenters. The molecule has 0 aromatic carbocycles. The zero-order valence-electron chi connectivity index (χ0n) is 11.7. The molecule has 2 unspecified atom stereocenters. The van der Waals surface area contributed by atoms with Gasteiger partial charge in [-0.05, 0) is 26.3 Å². The number of carboxylic acid groups (broad SMARTS) is 1. The van der Waals surface area contributed by atoms with Crippen molar-refractivity contribution in [1.29, 1.82) is 0 Å². The van der Waals surface area contributed by atoms with Crippen molar-refractivity contribution in [3.8, 4) is 0 Å². The van der Waals surface area contributed by atoms with E-state index in [0.29, 0.717) is 19.6 Å². The number of carbonyl (C=O) groups is 2. The number of carboxylic acids is 1. The highest BCUT2D eigenvalue weighted by atomic mass is 16.5. The molecular weight excluding hydrogens is 248 g/mol. The Labute approximate surface area is 114 Å². The van der Waals surface area contributed by atoms with Gasteiger partial charge in [-0.2, -0.15) is 0 Å². The molecule has 1 rings (SSSR count). The first-order valence-electron chi connectivity index (χ1n) is 6.79. The van der Waals surface area contributed by atoms with Crippen molar-refractivity contribution in [2.24, 2.45) is 0 Å². The van der Waals surface area contributed by atoms with Crippen LogP contribution in [-0.4, -0.2) is 60.8 Å². The highest BCUT2D eigenvalue weighted by Gasteiger charge is 2.28. The summed E-state index contributed by atoms with van der Waals surface area (Å²) in [6.45, 7) is 3.13. The molecule has 2 N–H and O–H groups in total. The molecule has 6 nitrogen and oxygen atoms in total. The number of ether oxygens (including phenoxy) is 1. The Hall–Kier alpha value is -1.14. The third-order valence-electron chi connectivity index (χ3n) is 3.32. The lowest BCUT2D eigenvalue weighted by Crippen LogP contribution is -2.48. The summed E-state index contributed by atoms with van der Waals surface area (Å²) in [7, 11) is 1.58. The summed E-state index contributed by atoms with van der Waals surface area (Å²) in [5.41, 5.74) is 0. The van der Waals surface area contributed by atoms with Crippen LogP contribution in [0.25, 0.3) is 0 Å². The van der Waals surface area contributed by atoms with Crippen LogP contribution >= 0.6 is 0 Å². The monoisotopic (exact) mass is 272 g/mol. The van der Waals surface area contributed by atoms with Gasteiger partial charge in [0.25, 0.3) is 0 Å². The van der Waals surface area contributed by atoms with E-state index in [9.17, 15) is 14.7 Å². The number of carbonyl (C=O) groups excluding carboxylic acids is 1. The fourth-order valence-electron chi connectivity index (χ4n) is 2.43. The van der Waals surface area contributed by atoms with Crippen LogP contribution in [0.4, 0.5) is 0 Å². The van der Waals surface area contributed by atoms with E-state index in [0.717, 1.165) is 19.3 Å². The zero-order valence-corrected chi connectivity index (χ0v) is 11.7. The summed E-state index contributed by atoms with van der Waals surface area (Å²) < 4.78 is 4.95. The summed E-state index contributed by atoms with van der Waals surface area (Å²) >= 11 is 0. The van der Waals surface area contributed by atoms with E-state index >= 15 is 0 Å². The summed E-state index contributed by atoms with van der Waals surface area (Å²) in [5, 5.41) is 12.0. The molecule has 1 saturated heterocycles. The van der Waals surface area contributed by atoms with Gasteiger partial charge in [-0.25, -0.2) is 0 Å². The molecule has 1 heterocycles. The molecule has 110 valence electrons. The van der Waals surface area contributed by atoms with Crippen molar-refractivity contribution in [3.63, 3.8) is 0 Å². The second kappa shape index (κ2) is 8.12. The molecule has 19 heavy (non-hydrogen) atoms. The van der Waals surface area contributed by atoms with E-state index in [1.165, 1.54) is 0 Å². The number of rotatable bonds is 6. The van der Waals surface area contributed by atoms with Crippen LogP contribution < -0.4 is 5.32 Å². The lowest BCUT2D eigenvalue weighted by molar-refractivity contribution is -0.144. The van der Waals surface area contributed by atoms with Gasteiger partial charge in [0.05, 0.1) is 13.2 Å². The second-order valence-electron chi connectivity index (χ2n) is 5.10. The van der Waals surface area contributed by atoms with Gasteiger partial charge in [0, 0.05) is 13.2 Å². The van der Waals surface area contributed by atoms with Crippen molar-refractivity contribution < 1.29 is 19.4 Å². The molecule has 0 aliphatic carbocycles. The highest BCUT2D eigenvalue weighted by molar-refractivity contribution is 5.80. The molecule has 0 aromatic rings. The maximum absolute atomic E-state index is 11.9. The van der Waals surface area contributed by atoms with Gasteiger partial charge < -0.3 is 15.2 Å². The molecule has 0 aromatic heterocycles. The quantitative estimate of drug-likeness (QED) is 0.734. The molecular formula is C13H24N2O4. The lowest BCUT2D eigenvalue weighted by atomic mass is 10.1. The van der Waals surface area contributed by atoms with Gasteiger partial charge >= 0.3 is 5.97 Å². The maximum atomic E-state index is 11.9. The molecule has 0 radical (unpaired) electrons. The number of nitrogens with zero attached hydrogens (tertiary/aromatic N) is 1. The molecule has 1 aliphatic heterocycles. The van der Waals surface area contributed by atoms with Gasteiger partial charge in [0.2, 0.25) is 5.91 Å². The fourth-order valence-corrected chi connectivity index (χ4v) is 2.43. The molecule has 0 saturated carbocycles. The van der Waals surface area contributed by atoms with Gasteiger partial charge in [0.1, 0.15) is 6.04 Å². The van der Waals surface area contributed by atoms with Crippen molar-refractivity contribution in [2.75, 3.05) is 26.8 Å². The van der Waals surface area contributed by atoms with Crippen LogP contribution in [0.1, 0.15) is 32.6 Å². The topological polar surface area (TPSA) is 78.9 Å². The first-order chi connectivity index (χ1) is 9.04. The Bertz CT molecular complexity index is 309. The molecule has 0 bridgehead atoms. The number of amides is 1. The molecule has 1 amide bonds. The van der Waals surface area contributed by atoms with Gasteiger partial charge in [-0.15, -0.1) is 0 Å². The van der Waals surface area contributed by atoms with Crippen LogP contribution in [-0.2, 0) is 14.3 Å². The first-order valence-corrected chi connectivity index (χ1v) is 6.79. The number of aliphatic carboxylic acids is 1. The zero-order chi connectivity index (χ0) is 14.3. The van der Waals surface area contributed by atoms with Gasteiger partial charge in [-0.1, -0.05) is 12.8 Å². The summed E-state index contributed by atoms with van der Waals surface area (Å²) in [5.74, 6) is -0.975. The van der Waals surface area contributed by atoms with Crippen molar-refractivity contribution in [2.45, 2.75) is 44.7 Å². The lowest BCUT2D eigenvalue weighted by Gasteiger charge is -2.26. The highest BCUT2D eigenvalue weighted by Crippen LogP contribution is 2.16. The van der Waals surface area contributed by atoms with Gasteiger partial charge in [-0.3, -0.25) is 14.5 Å². The van der Waals surface area contributed by atoms with E-state index in [4.69, 9.17) is 4.74 Å². The van der Waals surface area contributed by atoms with Crippen LogP contribution in [0.15, 0.2) is 0 Å². The maximum Gasteiger partial charge on any atom is 0.320 e. The Morgan fingerprint density at radius 1 is 1.42 bits per heavy atom. The molecule has 1 aliphatic rings. The average molecular weight is 272 g/mol. The van der Waals surface area contributed by atoms with E-state index in [1.54, 1.807) is 12.0 Å². The Morgan fingerprint density at radius 2 is 2.16 bits per heavy atom. The molecule has 0 spiro atoms. The number of nitrogens with one attached hydrogen (secondary N) is 1. The fraction of sp³-hybridized carbons (Fsp3) is 0.846. The number of hydrogen-bond donors (Lipinski definition) is 2. The average Bonchev–Trinajstić information content (AvgIpc) is 2.54. The van der Waals surface area contributed by atoms with Crippen molar-refractivity contribution in [1.82, 2.24) is 10.2 Å². The normalized spacial score (nSPS) is 22.5. The smallest absolute Gasteiger partial charge is 0.320 e. The Morgan fingerprint density at radius 3 is 2.79 bits per heavy atom. The first kappa shape index (κ1) is 15.9. The van der Waals surface area contributed by atoms with E-state index < -0.39 is 12.0 Å². The minimum atomic E-state index is -0.834. The largest absolute Gasteiger partial charge is 0.480 e. The SMILES string of the molecule is COCC(C)NC(=O)CN1CCCCCC1C(=O)O. The van der Waals surface area contributed by atoms with E-state index in [-0.39, 0.29) is 18.5 Å². The third-order valence-corrected chi connectivity index (χ3v) is 3.32. The van der Waals surface area contributed by atoms with Crippen LogP contribution in [0.3, 0.4) is 0 Å². The number of methoxy groups -OCH3 is 1. The van der Waals surface area contributed by atoms with E-state index in [1.807, 2.05) is 6.92 Å². The second-order valence-corrected chi connectivity index (χ2v) is 5.10. The minimum Gasteiger partial charge on any atom is -0.480 e. The minimum absolute atomic E-state index is 0.0623. The van der Waals surface area contributed by atoms with E-state index in [2.05, 4.69) is 5.32 Å². The summed E-state index contributed by atoms with van der Waals surface area (Å²) in [6.07, 6.45) is 3.51. The van der Waals surface area contributed by atoms with Crippen molar-refractivity contribution in [3.05, 3.63) is 0 Å². The summed E-state index contributed by atoms with van der Waals surface area (Å²) in [4.78, 5) is 24.9. The van der Waals surface area contributed by atoms with Crippen LogP contribution in [0, 0.1) is 0 Å². The van der Waals surface area contributed by atoms with Crippen LogP contribution in [0.5, 0.6) is 0 Å². The van der Waals surface area contributed by atoms with Gasteiger partial charge in [0.15, 0.2) is 0 Å². The predicted octanol–water partition coefficient (Wildman–Crippen LogP) is 0.467.